The third-order valence-electron chi connectivity index (χ3n) is 5.37. The molecule has 3 saturated heterocycles. The van der Waals surface area contributed by atoms with Gasteiger partial charge >= 0.3 is 0 Å². The van der Waals surface area contributed by atoms with E-state index in [9.17, 15) is 14.4 Å². The smallest absolute Gasteiger partial charge is 0.225 e. The Morgan fingerprint density at radius 2 is 0.800 bits per heavy atom. The number of hydrogen-bond acceptors (Lipinski definition) is 6. The van der Waals surface area contributed by atoms with Crippen molar-refractivity contribution in [2.24, 2.45) is 0 Å². The Balaban J connectivity index is 0.000000230. The first-order chi connectivity index (χ1) is 13.9. The first kappa shape index (κ1) is 25.1. The highest BCUT2D eigenvalue weighted by Crippen LogP contribution is 2.16. The molecule has 9 nitrogen and oxygen atoms in total. The summed E-state index contributed by atoms with van der Waals surface area (Å²) in [7, 11) is 6.06. The van der Waals surface area contributed by atoms with E-state index in [4.69, 9.17) is 0 Å². The van der Waals surface area contributed by atoms with Crippen molar-refractivity contribution >= 4 is 17.7 Å². The van der Waals surface area contributed by atoms with Crippen molar-refractivity contribution in [2.75, 3.05) is 60.4 Å². The fraction of sp³-hybridized carbons (Fsp3) is 0.571. The number of nitrogens with zero attached hydrogens (tertiary/aromatic N) is 6. The number of carbonyl (C=O) groups excluding carboxylic acids is 3. The molecule has 0 atom stereocenters. The monoisotopic (exact) mass is 420 g/mol. The molecule has 0 aromatic rings. The molecule has 0 aromatic heterocycles. The molecule has 0 aliphatic carbocycles. The van der Waals surface area contributed by atoms with Crippen LogP contribution in [0.1, 0.15) is 20.8 Å². The molecule has 0 aromatic carbocycles. The van der Waals surface area contributed by atoms with Gasteiger partial charge in [0.15, 0.2) is 0 Å². The molecule has 3 heterocycles. The molecule has 168 valence electrons. The second kappa shape index (κ2) is 10.7. The highest BCUT2D eigenvalue weighted by molar-refractivity contribution is 5.80. The summed E-state index contributed by atoms with van der Waals surface area (Å²) >= 11 is 0. The van der Waals surface area contributed by atoms with Crippen LogP contribution in [0.25, 0.3) is 0 Å². The summed E-state index contributed by atoms with van der Waals surface area (Å²) in [5, 5.41) is 0. The van der Waals surface area contributed by atoms with Gasteiger partial charge in [-0.2, -0.15) is 0 Å². The summed E-state index contributed by atoms with van der Waals surface area (Å²) < 4.78 is 0. The van der Waals surface area contributed by atoms with Crippen molar-refractivity contribution in [1.29, 1.82) is 0 Å². The molecule has 0 N–H and O–H groups in total. The van der Waals surface area contributed by atoms with Gasteiger partial charge in [0, 0.05) is 81.2 Å². The van der Waals surface area contributed by atoms with E-state index in [1.165, 1.54) is 23.6 Å². The normalized spacial score (nSPS) is 18.4. The number of likely N-dealkylation sites (N-methyl/N-ethyl adjacent to an activating group) is 3. The SMILES string of the molecule is C=C1N(C(C)=O)CCN1C(C)=O.C=C1N(C)CCN1C.C=C1N(C)CCN1C(C)=O. The van der Waals surface area contributed by atoms with Crippen LogP contribution in [0.3, 0.4) is 0 Å². The molecule has 9 heteroatoms. The zero-order valence-electron chi connectivity index (χ0n) is 19.3. The fourth-order valence-electron chi connectivity index (χ4n) is 3.19. The van der Waals surface area contributed by atoms with Gasteiger partial charge in [0.1, 0.15) is 11.6 Å². The van der Waals surface area contributed by atoms with E-state index in [1.807, 2.05) is 11.9 Å². The van der Waals surface area contributed by atoms with Crippen LogP contribution in [0, 0.1) is 0 Å². The maximum Gasteiger partial charge on any atom is 0.225 e. The average molecular weight is 421 g/mol. The molecule has 0 unspecified atom stereocenters. The number of amides is 3. The molecule has 0 spiro atoms. The topological polar surface area (TPSA) is 70.7 Å². The number of carbonyl (C=O) groups is 3. The van der Waals surface area contributed by atoms with Gasteiger partial charge in [0.05, 0.1) is 5.82 Å². The fourth-order valence-corrected chi connectivity index (χ4v) is 3.19. The van der Waals surface area contributed by atoms with E-state index in [-0.39, 0.29) is 17.7 Å². The molecule has 3 aliphatic heterocycles. The molecule has 0 saturated carbocycles. The third kappa shape index (κ3) is 6.27. The van der Waals surface area contributed by atoms with Crippen molar-refractivity contribution in [3.8, 4) is 0 Å². The van der Waals surface area contributed by atoms with Crippen molar-refractivity contribution in [3.05, 3.63) is 37.2 Å². The maximum absolute atomic E-state index is 11.0. The van der Waals surface area contributed by atoms with Gasteiger partial charge in [-0.3, -0.25) is 29.1 Å². The lowest BCUT2D eigenvalue weighted by atomic mass is 10.5. The summed E-state index contributed by atoms with van der Waals surface area (Å²) in [5.74, 6) is 2.38. The van der Waals surface area contributed by atoms with Gasteiger partial charge in [-0.15, -0.1) is 0 Å². The van der Waals surface area contributed by atoms with Crippen LogP contribution in [0.5, 0.6) is 0 Å². The average Bonchev–Trinajstić information content (AvgIpc) is 3.30. The summed E-state index contributed by atoms with van der Waals surface area (Å²) in [6, 6.07) is 0. The first-order valence-corrected chi connectivity index (χ1v) is 9.92. The van der Waals surface area contributed by atoms with E-state index < -0.39 is 0 Å². The Bertz CT molecular complexity index is 684. The molecule has 3 amide bonds. The van der Waals surface area contributed by atoms with Crippen LogP contribution in [0.4, 0.5) is 0 Å². The van der Waals surface area contributed by atoms with Crippen LogP contribution in [0.15, 0.2) is 37.2 Å². The predicted molar refractivity (Wildman–Crippen MR) is 117 cm³/mol. The van der Waals surface area contributed by atoms with Crippen molar-refractivity contribution in [2.45, 2.75) is 20.8 Å². The van der Waals surface area contributed by atoms with Gasteiger partial charge < -0.3 is 14.7 Å². The summed E-state index contributed by atoms with van der Waals surface area (Å²) in [6.45, 7) is 20.9. The molecule has 0 bridgehead atoms. The lowest BCUT2D eigenvalue weighted by Gasteiger charge is -2.18. The van der Waals surface area contributed by atoms with E-state index in [2.05, 4.69) is 43.6 Å². The van der Waals surface area contributed by atoms with E-state index >= 15 is 0 Å². The molecule has 0 radical (unpaired) electrons. The number of rotatable bonds is 0. The van der Waals surface area contributed by atoms with Crippen LogP contribution in [0.2, 0.25) is 0 Å². The zero-order valence-corrected chi connectivity index (χ0v) is 19.3. The number of hydrogen-bond donors (Lipinski definition) is 0. The maximum atomic E-state index is 11.0. The van der Waals surface area contributed by atoms with Crippen LogP contribution in [-0.2, 0) is 14.4 Å². The lowest BCUT2D eigenvalue weighted by Crippen LogP contribution is -2.28. The van der Waals surface area contributed by atoms with E-state index in [0.29, 0.717) is 18.9 Å². The summed E-state index contributed by atoms with van der Waals surface area (Å²) in [4.78, 5) is 43.7. The molecular formula is C21H36N6O3. The van der Waals surface area contributed by atoms with Gasteiger partial charge in [-0.25, -0.2) is 0 Å². The second-order valence-electron chi connectivity index (χ2n) is 7.53. The Kier molecular flexibility index (Phi) is 8.94. The summed E-state index contributed by atoms with van der Waals surface area (Å²) in [6.07, 6.45) is 0. The zero-order chi connectivity index (χ0) is 23.2. The molecule has 3 fully saturated rings. The van der Waals surface area contributed by atoms with Gasteiger partial charge in [-0.05, 0) is 0 Å². The van der Waals surface area contributed by atoms with Crippen LogP contribution < -0.4 is 0 Å². The van der Waals surface area contributed by atoms with E-state index in [1.54, 1.807) is 11.8 Å². The quantitative estimate of drug-likeness (QED) is 0.576. The highest BCUT2D eigenvalue weighted by atomic mass is 16.2. The Hall–Kier alpha value is -2.97. The Morgan fingerprint density at radius 1 is 0.533 bits per heavy atom. The molecule has 3 rings (SSSR count). The first-order valence-electron chi connectivity index (χ1n) is 9.92. The second-order valence-corrected chi connectivity index (χ2v) is 7.53. The minimum atomic E-state index is -0.0660. The largest absolute Gasteiger partial charge is 0.360 e. The van der Waals surface area contributed by atoms with Crippen LogP contribution >= 0.6 is 0 Å². The Labute approximate surface area is 180 Å². The third-order valence-corrected chi connectivity index (χ3v) is 5.37. The van der Waals surface area contributed by atoms with Crippen LogP contribution in [-0.4, -0.2) is 108 Å². The molecule has 30 heavy (non-hydrogen) atoms. The lowest BCUT2D eigenvalue weighted by molar-refractivity contribution is -0.128. The van der Waals surface area contributed by atoms with Crippen molar-refractivity contribution in [1.82, 2.24) is 29.4 Å². The standard InChI is InChI=1S/C8H12N2O2.C7H12N2O.C6H12N2/c1-6-9(7(2)11)4-5-10(6)8(3)12;1-6-8(3)4-5-9(6)7(2)10;1-6-7(2)4-5-8(6)3/h1,4-5H2,2-3H3;1,4-5H2,2-3H3;1,4-5H2,2-3H3. The minimum Gasteiger partial charge on any atom is -0.360 e. The summed E-state index contributed by atoms with van der Waals surface area (Å²) in [5.41, 5.74) is 0. The highest BCUT2D eigenvalue weighted by Gasteiger charge is 2.27. The predicted octanol–water partition coefficient (Wildman–Crippen LogP) is 0.755. The van der Waals surface area contributed by atoms with Gasteiger partial charge in [0.2, 0.25) is 17.7 Å². The van der Waals surface area contributed by atoms with E-state index in [0.717, 1.165) is 37.8 Å². The van der Waals surface area contributed by atoms with Gasteiger partial charge in [-0.1, -0.05) is 19.7 Å². The molecule has 3 aliphatic rings. The minimum absolute atomic E-state index is 0.0660. The van der Waals surface area contributed by atoms with Gasteiger partial charge in [0.25, 0.3) is 0 Å². The van der Waals surface area contributed by atoms with Crippen molar-refractivity contribution in [3.63, 3.8) is 0 Å². The van der Waals surface area contributed by atoms with Crippen molar-refractivity contribution < 1.29 is 14.4 Å². The Morgan fingerprint density at radius 3 is 0.967 bits per heavy atom. The molecular weight excluding hydrogens is 384 g/mol.